The van der Waals surface area contributed by atoms with Crippen molar-refractivity contribution in [1.29, 1.82) is 0 Å². The maximum atomic E-state index is 12.7. The third kappa shape index (κ3) is 2.81. The molecule has 0 atom stereocenters. The summed E-state index contributed by atoms with van der Waals surface area (Å²) >= 11 is 5.78. The van der Waals surface area contributed by atoms with Gasteiger partial charge in [0.05, 0.1) is 5.56 Å². The average Bonchev–Trinajstić information content (AvgIpc) is 2.28. The number of alkyl halides is 3. The Balaban J connectivity index is 2.41. The van der Waals surface area contributed by atoms with E-state index in [0.29, 0.717) is 18.4 Å². The van der Waals surface area contributed by atoms with Gasteiger partial charge in [-0.1, -0.05) is 30.9 Å². The van der Waals surface area contributed by atoms with Crippen molar-refractivity contribution < 1.29 is 13.2 Å². The molecule has 0 amide bonds. The normalized spacial score (nSPS) is 19.8. The highest BCUT2D eigenvalue weighted by molar-refractivity contribution is 6.30. The molecule has 0 spiro atoms. The van der Waals surface area contributed by atoms with E-state index in [1.54, 1.807) is 6.07 Å². The number of nitrogens with two attached hydrogens (primary N) is 1. The molecule has 1 nitrogen and oxygen atoms in total. The van der Waals surface area contributed by atoms with E-state index in [-0.39, 0.29) is 5.02 Å². The standard InChI is InChI=1S/C13H15ClF3N/c14-11-7-9(6-10(8-11)13(15,16)17)12(18)4-2-1-3-5-12/h6-8H,1-5,18H2. The molecule has 0 saturated heterocycles. The monoisotopic (exact) mass is 277 g/mol. The molecule has 5 heteroatoms. The SMILES string of the molecule is NC1(c2cc(Cl)cc(C(F)(F)F)c2)CCCCC1. The van der Waals surface area contributed by atoms with Gasteiger partial charge in [-0.05, 0) is 36.6 Å². The fraction of sp³-hybridized carbons (Fsp3) is 0.538. The molecule has 1 saturated carbocycles. The van der Waals surface area contributed by atoms with Crippen LogP contribution in [0.25, 0.3) is 0 Å². The van der Waals surface area contributed by atoms with Crippen molar-refractivity contribution >= 4 is 11.6 Å². The Kier molecular flexibility index (Phi) is 3.60. The minimum Gasteiger partial charge on any atom is -0.321 e. The van der Waals surface area contributed by atoms with Crippen LogP contribution in [0.3, 0.4) is 0 Å². The molecule has 0 heterocycles. The van der Waals surface area contributed by atoms with E-state index in [2.05, 4.69) is 0 Å². The highest BCUT2D eigenvalue weighted by Crippen LogP contribution is 2.39. The molecule has 2 rings (SSSR count). The second-order valence-corrected chi connectivity index (χ2v) is 5.38. The first-order valence-corrected chi connectivity index (χ1v) is 6.36. The van der Waals surface area contributed by atoms with Gasteiger partial charge in [0.15, 0.2) is 0 Å². The number of hydrogen-bond donors (Lipinski definition) is 1. The summed E-state index contributed by atoms with van der Waals surface area (Å²) < 4.78 is 38.2. The van der Waals surface area contributed by atoms with E-state index in [0.717, 1.165) is 31.4 Å². The second kappa shape index (κ2) is 4.74. The molecule has 0 bridgehead atoms. The predicted molar refractivity (Wildman–Crippen MR) is 65.4 cm³/mol. The lowest BCUT2D eigenvalue weighted by Gasteiger charge is -2.34. The summed E-state index contributed by atoms with van der Waals surface area (Å²) in [7, 11) is 0. The van der Waals surface area contributed by atoms with E-state index in [1.807, 2.05) is 0 Å². The molecule has 100 valence electrons. The number of rotatable bonds is 1. The summed E-state index contributed by atoms with van der Waals surface area (Å²) in [6.07, 6.45) is 0.0281. The molecule has 18 heavy (non-hydrogen) atoms. The van der Waals surface area contributed by atoms with Crippen LogP contribution in [-0.4, -0.2) is 0 Å². The third-order valence-corrected chi connectivity index (χ3v) is 3.76. The molecule has 0 radical (unpaired) electrons. The Morgan fingerprint density at radius 2 is 1.67 bits per heavy atom. The van der Waals surface area contributed by atoms with Crippen molar-refractivity contribution in [3.8, 4) is 0 Å². The smallest absolute Gasteiger partial charge is 0.321 e. The lowest BCUT2D eigenvalue weighted by Crippen LogP contribution is -2.38. The molecule has 1 aromatic carbocycles. The van der Waals surface area contributed by atoms with Crippen molar-refractivity contribution in [1.82, 2.24) is 0 Å². The van der Waals surface area contributed by atoms with Gasteiger partial charge in [-0.2, -0.15) is 13.2 Å². The van der Waals surface area contributed by atoms with Gasteiger partial charge in [0.1, 0.15) is 0 Å². The summed E-state index contributed by atoms with van der Waals surface area (Å²) in [6, 6.07) is 3.64. The van der Waals surface area contributed by atoms with E-state index in [9.17, 15) is 13.2 Å². The Bertz CT molecular complexity index is 436. The van der Waals surface area contributed by atoms with Gasteiger partial charge in [-0.25, -0.2) is 0 Å². The lowest BCUT2D eigenvalue weighted by atomic mass is 9.77. The van der Waals surface area contributed by atoms with Gasteiger partial charge in [0.2, 0.25) is 0 Å². The van der Waals surface area contributed by atoms with Gasteiger partial charge in [0.25, 0.3) is 0 Å². The van der Waals surface area contributed by atoms with Crippen LogP contribution in [0.5, 0.6) is 0 Å². The molecule has 0 aromatic heterocycles. The maximum absolute atomic E-state index is 12.7. The third-order valence-electron chi connectivity index (χ3n) is 3.55. The quantitative estimate of drug-likeness (QED) is 0.805. The Hall–Kier alpha value is -0.740. The minimum absolute atomic E-state index is 0.0928. The Labute approximate surface area is 109 Å². The topological polar surface area (TPSA) is 26.0 Å². The second-order valence-electron chi connectivity index (χ2n) is 4.94. The number of hydrogen-bond acceptors (Lipinski definition) is 1. The van der Waals surface area contributed by atoms with Crippen LogP contribution < -0.4 is 5.73 Å². The lowest BCUT2D eigenvalue weighted by molar-refractivity contribution is -0.137. The van der Waals surface area contributed by atoms with Crippen LogP contribution in [0.15, 0.2) is 18.2 Å². The van der Waals surface area contributed by atoms with Crippen molar-refractivity contribution in [3.63, 3.8) is 0 Å². The van der Waals surface area contributed by atoms with E-state index in [4.69, 9.17) is 17.3 Å². The molecule has 1 aliphatic carbocycles. The molecular formula is C13H15ClF3N. The van der Waals surface area contributed by atoms with Crippen LogP contribution >= 0.6 is 11.6 Å². The molecule has 1 fully saturated rings. The first-order valence-electron chi connectivity index (χ1n) is 5.98. The number of benzene rings is 1. The summed E-state index contributed by atoms with van der Waals surface area (Å²) in [5.41, 5.74) is 5.35. The molecular weight excluding hydrogens is 263 g/mol. The zero-order valence-corrected chi connectivity index (χ0v) is 10.6. The van der Waals surface area contributed by atoms with Gasteiger partial charge < -0.3 is 5.73 Å². The molecule has 1 aliphatic rings. The number of halogens is 4. The summed E-state index contributed by atoms with van der Waals surface area (Å²) in [4.78, 5) is 0. The van der Waals surface area contributed by atoms with E-state index >= 15 is 0 Å². The Morgan fingerprint density at radius 3 is 2.22 bits per heavy atom. The van der Waals surface area contributed by atoms with Crippen LogP contribution in [0, 0.1) is 0 Å². The van der Waals surface area contributed by atoms with Crippen molar-refractivity contribution in [2.75, 3.05) is 0 Å². The van der Waals surface area contributed by atoms with Crippen molar-refractivity contribution in [2.45, 2.75) is 43.8 Å². The maximum Gasteiger partial charge on any atom is 0.416 e. The van der Waals surface area contributed by atoms with E-state index in [1.165, 1.54) is 0 Å². The fourth-order valence-corrected chi connectivity index (χ4v) is 2.75. The predicted octanol–water partition coefficient (Wildman–Crippen LogP) is 4.48. The van der Waals surface area contributed by atoms with Crippen LogP contribution in [-0.2, 0) is 11.7 Å². The average molecular weight is 278 g/mol. The first kappa shape index (κ1) is 13.7. The summed E-state index contributed by atoms with van der Waals surface area (Å²) in [6.45, 7) is 0. The molecule has 2 N–H and O–H groups in total. The fourth-order valence-electron chi connectivity index (χ4n) is 2.51. The van der Waals surface area contributed by atoms with Gasteiger partial charge >= 0.3 is 6.18 Å². The Morgan fingerprint density at radius 1 is 1.06 bits per heavy atom. The van der Waals surface area contributed by atoms with Gasteiger partial charge in [-0.15, -0.1) is 0 Å². The summed E-state index contributed by atoms with van der Waals surface area (Å²) in [5.74, 6) is 0. The van der Waals surface area contributed by atoms with Crippen molar-refractivity contribution in [2.24, 2.45) is 5.73 Å². The van der Waals surface area contributed by atoms with Crippen LogP contribution in [0.1, 0.15) is 43.2 Å². The zero-order valence-electron chi connectivity index (χ0n) is 9.86. The highest BCUT2D eigenvalue weighted by Gasteiger charge is 2.35. The van der Waals surface area contributed by atoms with Crippen LogP contribution in [0.2, 0.25) is 5.02 Å². The van der Waals surface area contributed by atoms with Crippen LogP contribution in [0.4, 0.5) is 13.2 Å². The van der Waals surface area contributed by atoms with Gasteiger partial charge in [-0.3, -0.25) is 0 Å². The van der Waals surface area contributed by atoms with Crippen molar-refractivity contribution in [3.05, 3.63) is 34.3 Å². The molecule has 1 aromatic rings. The molecule has 0 aliphatic heterocycles. The minimum atomic E-state index is -4.38. The zero-order chi connectivity index (χ0) is 13.4. The molecule has 0 unspecified atom stereocenters. The highest BCUT2D eigenvalue weighted by atomic mass is 35.5. The largest absolute Gasteiger partial charge is 0.416 e. The van der Waals surface area contributed by atoms with Gasteiger partial charge in [0, 0.05) is 10.6 Å². The summed E-state index contributed by atoms with van der Waals surface area (Å²) in [5, 5.41) is 0.0928. The van der Waals surface area contributed by atoms with E-state index < -0.39 is 17.3 Å². The first-order chi connectivity index (χ1) is 8.31.